The number of nitrogens with two attached hydrogens (primary N) is 1. The number of nitrogens with zero attached hydrogens (tertiary/aromatic N) is 5. The minimum absolute atomic E-state index is 0.217. The van der Waals surface area contributed by atoms with E-state index in [0.717, 1.165) is 0 Å². The molecule has 0 aliphatic carbocycles. The molecule has 106 valence electrons. The Labute approximate surface area is 120 Å². The summed E-state index contributed by atoms with van der Waals surface area (Å²) in [4.78, 5) is 16.6. The van der Waals surface area contributed by atoms with Crippen LogP contribution in [0, 0.1) is 0 Å². The molecule has 0 unspecified atom stereocenters. The molecule has 7 heteroatoms. The molecule has 0 saturated heterocycles. The standard InChI is InChI=1S/C14H14N6O/c15-13-12-14(18-8-17-13)20(9-19-12)6-5-16-7-10-3-1-2-4-11(10)21/h1-4,7-9,21H,5-6H2,(H2,15,17,18). The number of aliphatic imine (C=N–C) groups is 1. The zero-order valence-electron chi connectivity index (χ0n) is 11.2. The van der Waals surface area contributed by atoms with Crippen molar-refractivity contribution in [1.82, 2.24) is 19.5 Å². The smallest absolute Gasteiger partial charge is 0.165 e. The number of rotatable bonds is 4. The Bertz CT molecular complexity index is 795. The largest absolute Gasteiger partial charge is 0.507 e. The highest BCUT2D eigenvalue weighted by molar-refractivity contribution is 5.83. The summed E-state index contributed by atoms with van der Waals surface area (Å²) in [5, 5.41) is 9.63. The number of hydrogen-bond acceptors (Lipinski definition) is 6. The summed E-state index contributed by atoms with van der Waals surface area (Å²) in [5.41, 5.74) is 7.72. The van der Waals surface area contributed by atoms with E-state index in [2.05, 4.69) is 19.9 Å². The van der Waals surface area contributed by atoms with Gasteiger partial charge in [-0.2, -0.15) is 0 Å². The van der Waals surface area contributed by atoms with Gasteiger partial charge in [0.1, 0.15) is 17.6 Å². The number of nitrogen functional groups attached to an aromatic ring is 1. The first-order valence-electron chi connectivity index (χ1n) is 6.45. The van der Waals surface area contributed by atoms with E-state index in [1.165, 1.54) is 6.33 Å². The first-order valence-corrected chi connectivity index (χ1v) is 6.45. The number of aromatic hydroxyl groups is 1. The van der Waals surface area contributed by atoms with Crippen molar-refractivity contribution < 1.29 is 5.11 Å². The van der Waals surface area contributed by atoms with Crippen molar-refractivity contribution in [3.63, 3.8) is 0 Å². The number of phenols is 1. The number of anilines is 1. The predicted molar refractivity (Wildman–Crippen MR) is 80.3 cm³/mol. The van der Waals surface area contributed by atoms with Crippen LogP contribution in [0.3, 0.4) is 0 Å². The van der Waals surface area contributed by atoms with E-state index in [0.29, 0.717) is 35.6 Å². The van der Waals surface area contributed by atoms with Crippen molar-refractivity contribution >= 4 is 23.2 Å². The molecule has 0 bridgehead atoms. The van der Waals surface area contributed by atoms with Gasteiger partial charge >= 0.3 is 0 Å². The fraction of sp³-hybridized carbons (Fsp3) is 0.143. The van der Waals surface area contributed by atoms with Gasteiger partial charge in [0.05, 0.1) is 12.9 Å². The van der Waals surface area contributed by atoms with Crippen molar-refractivity contribution in [2.24, 2.45) is 4.99 Å². The van der Waals surface area contributed by atoms with Gasteiger partial charge in [-0.25, -0.2) is 15.0 Å². The second-order valence-corrected chi connectivity index (χ2v) is 4.46. The fourth-order valence-corrected chi connectivity index (χ4v) is 1.99. The highest BCUT2D eigenvalue weighted by Gasteiger charge is 2.06. The second-order valence-electron chi connectivity index (χ2n) is 4.46. The van der Waals surface area contributed by atoms with Crippen molar-refractivity contribution in [3.8, 4) is 5.75 Å². The summed E-state index contributed by atoms with van der Waals surface area (Å²) in [6.07, 6.45) is 4.74. The molecule has 0 fully saturated rings. The van der Waals surface area contributed by atoms with Crippen molar-refractivity contribution in [1.29, 1.82) is 0 Å². The van der Waals surface area contributed by atoms with Crippen LogP contribution in [0.25, 0.3) is 11.2 Å². The van der Waals surface area contributed by atoms with Crippen LogP contribution < -0.4 is 5.73 Å². The molecule has 3 rings (SSSR count). The molecule has 0 aliphatic heterocycles. The third kappa shape index (κ3) is 2.66. The average molecular weight is 282 g/mol. The van der Waals surface area contributed by atoms with Gasteiger partial charge in [0.15, 0.2) is 11.5 Å². The molecule has 2 heterocycles. The van der Waals surface area contributed by atoms with Crippen LogP contribution in [0.2, 0.25) is 0 Å². The van der Waals surface area contributed by atoms with Crippen LogP contribution in [0.5, 0.6) is 5.75 Å². The van der Waals surface area contributed by atoms with Gasteiger partial charge in [0, 0.05) is 18.3 Å². The zero-order valence-corrected chi connectivity index (χ0v) is 11.2. The maximum atomic E-state index is 9.63. The van der Waals surface area contributed by atoms with E-state index in [9.17, 15) is 5.11 Å². The molecular formula is C14H14N6O. The molecule has 3 N–H and O–H groups in total. The minimum atomic E-state index is 0.217. The molecule has 0 aliphatic rings. The Morgan fingerprint density at radius 2 is 2.10 bits per heavy atom. The normalized spacial score (nSPS) is 11.4. The van der Waals surface area contributed by atoms with E-state index in [1.54, 1.807) is 30.7 Å². The van der Waals surface area contributed by atoms with Gasteiger partial charge in [-0.1, -0.05) is 12.1 Å². The number of fused-ring (bicyclic) bond motifs is 1. The summed E-state index contributed by atoms with van der Waals surface area (Å²) in [6.45, 7) is 1.17. The lowest BCUT2D eigenvalue weighted by atomic mass is 10.2. The number of para-hydroxylation sites is 1. The molecule has 0 saturated carbocycles. The number of phenolic OH excluding ortho intramolecular Hbond substituents is 1. The van der Waals surface area contributed by atoms with Gasteiger partial charge in [-0.15, -0.1) is 0 Å². The minimum Gasteiger partial charge on any atom is -0.507 e. The molecule has 21 heavy (non-hydrogen) atoms. The summed E-state index contributed by atoms with van der Waals surface area (Å²) in [6, 6.07) is 7.06. The number of benzene rings is 1. The van der Waals surface area contributed by atoms with E-state index >= 15 is 0 Å². The SMILES string of the molecule is Nc1ncnc2c1ncn2CCN=Cc1ccccc1O. The number of hydrogen-bond donors (Lipinski definition) is 2. The van der Waals surface area contributed by atoms with Gasteiger partial charge in [-0.3, -0.25) is 4.99 Å². The molecule has 3 aromatic rings. The Morgan fingerprint density at radius 1 is 1.24 bits per heavy atom. The average Bonchev–Trinajstić information content (AvgIpc) is 2.90. The number of imidazole rings is 1. The second kappa shape index (κ2) is 5.58. The van der Waals surface area contributed by atoms with Crippen molar-refractivity contribution in [2.45, 2.75) is 6.54 Å². The van der Waals surface area contributed by atoms with E-state index in [1.807, 2.05) is 10.6 Å². The Morgan fingerprint density at radius 3 is 2.95 bits per heavy atom. The summed E-state index contributed by atoms with van der Waals surface area (Å²) in [7, 11) is 0. The predicted octanol–water partition coefficient (Wildman–Crippen LogP) is 1.23. The molecule has 0 amide bonds. The van der Waals surface area contributed by atoms with Crippen LogP contribution in [0.15, 0.2) is 41.9 Å². The maximum Gasteiger partial charge on any atom is 0.165 e. The van der Waals surface area contributed by atoms with E-state index < -0.39 is 0 Å². The fourth-order valence-electron chi connectivity index (χ4n) is 1.99. The van der Waals surface area contributed by atoms with Crippen LogP contribution >= 0.6 is 0 Å². The van der Waals surface area contributed by atoms with Gasteiger partial charge in [-0.05, 0) is 12.1 Å². The van der Waals surface area contributed by atoms with E-state index in [-0.39, 0.29) is 5.75 Å². The first-order chi connectivity index (χ1) is 10.3. The van der Waals surface area contributed by atoms with Crippen LogP contribution in [-0.4, -0.2) is 37.4 Å². The molecule has 0 atom stereocenters. The first kappa shape index (κ1) is 13.0. The molecule has 7 nitrogen and oxygen atoms in total. The highest BCUT2D eigenvalue weighted by atomic mass is 16.3. The molecule has 0 spiro atoms. The molecule has 2 aromatic heterocycles. The van der Waals surface area contributed by atoms with Crippen molar-refractivity contribution in [3.05, 3.63) is 42.5 Å². The highest BCUT2D eigenvalue weighted by Crippen LogP contribution is 2.14. The maximum absolute atomic E-state index is 9.63. The Balaban J connectivity index is 1.70. The summed E-state index contributed by atoms with van der Waals surface area (Å²) in [5.74, 6) is 0.589. The van der Waals surface area contributed by atoms with Crippen LogP contribution in [0.4, 0.5) is 5.82 Å². The zero-order chi connectivity index (χ0) is 14.7. The third-order valence-electron chi connectivity index (χ3n) is 3.07. The quantitative estimate of drug-likeness (QED) is 0.701. The van der Waals surface area contributed by atoms with Gasteiger partial charge < -0.3 is 15.4 Å². The van der Waals surface area contributed by atoms with Gasteiger partial charge in [0.2, 0.25) is 0 Å². The lowest BCUT2D eigenvalue weighted by Gasteiger charge is -2.01. The molecular weight excluding hydrogens is 268 g/mol. The van der Waals surface area contributed by atoms with Crippen LogP contribution in [-0.2, 0) is 6.54 Å². The lowest BCUT2D eigenvalue weighted by Crippen LogP contribution is -2.02. The monoisotopic (exact) mass is 282 g/mol. The molecule has 0 radical (unpaired) electrons. The molecule has 1 aromatic carbocycles. The Kier molecular flexibility index (Phi) is 3.46. The number of aromatic nitrogens is 4. The Hall–Kier alpha value is -2.96. The van der Waals surface area contributed by atoms with E-state index in [4.69, 9.17) is 5.73 Å². The lowest BCUT2D eigenvalue weighted by molar-refractivity contribution is 0.474. The summed E-state index contributed by atoms with van der Waals surface area (Å²) < 4.78 is 1.87. The third-order valence-corrected chi connectivity index (χ3v) is 3.07. The van der Waals surface area contributed by atoms with Gasteiger partial charge in [0.25, 0.3) is 0 Å². The van der Waals surface area contributed by atoms with Crippen LogP contribution in [0.1, 0.15) is 5.56 Å². The van der Waals surface area contributed by atoms with Crippen molar-refractivity contribution in [2.75, 3.05) is 12.3 Å². The summed E-state index contributed by atoms with van der Waals surface area (Å²) >= 11 is 0. The topological polar surface area (TPSA) is 102 Å².